The van der Waals surface area contributed by atoms with Crippen molar-refractivity contribution in [1.29, 1.82) is 0 Å². The fourth-order valence-electron chi connectivity index (χ4n) is 5.91. The van der Waals surface area contributed by atoms with E-state index in [0.717, 1.165) is 47.3 Å². The molecule has 0 spiro atoms. The van der Waals surface area contributed by atoms with Crippen LogP contribution in [0.5, 0.6) is 0 Å². The zero-order valence-corrected chi connectivity index (χ0v) is 22.9. The van der Waals surface area contributed by atoms with Crippen molar-refractivity contribution in [1.82, 2.24) is 0 Å². The Kier molecular flexibility index (Phi) is 14.3. The predicted molar refractivity (Wildman–Crippen MR) is 135 cm³/mol. The molecular formula is C28H34Cl2Cr2+2. The van der Waals surface area contributed by atoms with Crippen LogP contribution in [0.3, 0.4) is 0 Å². The number of rotatable bonds is 0. The molecule has 2 fully saturated rings. The molecule has 0 aromatic heterocycles. The molecule has 0 N–H and O–H groups in total. The van der Waals surface area contributed by atoms with Crippen LogP contribution in [0, 0.1) is 62.2 Å². The fourth-order valence-corrected chi connectivity index (χ4v) is 5.91. The maximum absolute atomic E-state index is 4.51. The first kappa shape index (κ1) is 29.6. The van der Waals surface area contributed by atoms with Crippen molar-refractivity contribution < 1.29 is 30.7 Å². The van der Waals surface area contributed by atoms with Gasteiger partial charge >= 0.3 is 50.8 Å². The topological polar surface area (TPSA) is 0 Å². The molecule has 0 amide bonds. The van der Waals surface area contributed by atoms with E-state index in [1.165, 1.54) is 12.8 Å². The standard InChI is InChI=1S/2C13H14.2CH3.2ClH.2Cr/c2*1-3-7-12-10(5-1)9-11-6-2-4-8-13(11)12;;;;;;/h2*1-8,10-13H,9H2;2*1H3;2*1H;;/q;;2*-1;;;2*+3/p-2. The van der Waals surface area contributed by atoms with E-state index < -0.39 is 0 Å². The summed E-state index contributed by atoms with van der Waals surface area (Å²) in [5, 5.41) is 0. The van der Waals surface area contributed by atoms with Crippen LogP contribution < -0.4 is 0 Å². The zero-order chi connectivity index (χ0) is 21.3. The van der Waals surface area contributed by atoms with Crippen LogP contribution in [0.25, 0.3) is 0 Å². The molecule has 2 saturated carbocycles. The van der Waals surface area contributed by atoms with Crippen molar-refractivity contribution in [3.05, 3.63) is 112 Å². The van der Waals surface area contributed by atoms with Crippen LogP contribution in [0.4, 0.5) is 0 Å². The van der Waals surface area contributed by atoms with Gasteiger partial charge in [0.25, 0.3) is 0 Å². The SMILES string of the molecule is C1=CC2CC3C=CC=CC3C2C=C1.C1=CC2CC3C=CC=CC3C2C=C1.[CH3-].[CH3-].[Cl][Cr+2].[Cl][Cr+2]. The van der Waals surface area contributed by atoms with Crippen molar-refractivity contribution in [3.63, 3.8) is 0 Å². The minimum atomic E-state index is 0. The summed E-state index contributed by atoms with van der Waals surface area (Å²) in [6.07, 6.45) is 39.4. The molecule has 170 valence electrons. The van der Waals surface area contributed by atoms with Gasteiger partial charge in [0.1, 0.15) is 0 Å². The van der Waals surface area contributed by atoms with Crippen LogP contribution in [0.1, 0.15) is 12.8 Å². The summed E-state index contributed by atoms with van der Waals surface area (Å²) in [5.41, 5.74) is 0. The van der Waals surface area contributed by atoms with Gasteiger partial charge in [0.15, 0.2) is 0 Å². The Balaban J connectivity index is 0.000000263. The molecule has 0 aliphatic heterocycles. The summed E-state index contributed by atoms with van der Waals surface area (Å²) in [6, 6.07) is 0. The normalized spacial score (nSPS) is 36.8. The van der Waals surface area contributed by atoms with Crippen LogP contribution in [0.2, 0.25) is 0 Å². The molecule has 6 rings (SSSR count). The van der Waals surface area contributed by atoms with Crippen molar-refractivity contribution in [2.75, 3.05) is 0 Å². The van der Waals surface area contributed by atoms with Crippen molar-refractivity contribution in [2.24, 2.45) is 47.3 Å². The molecule has 0 aromatic carbocycles. The Morgan fingerprint density at radius 1 is 0.375 bits per heavy atom. The second-order valence-electron chi connectivity index (χ2n) is 8.52. The van der Waals surface area contributed by atoms with Gasteiger partial charge in [0.2, 0.25) is 0 Å². The first-order valence-electron chi connectivity index (χ1n) is 10.6. The fraction of sp³-hybridized carbons (Fsp3) is 0.357. The Morgan fingerprint density at radius 2 is 0.562 bits per heavy atom. The third-order valence-electron chi connectivity index (χ3n) is 7.17. The monoisotopic (exact) mass is 544 g/mol. The molecule has 0 nitrogen and oxygen atoms in total. The quantitative estimate of drug-likeness (QED) is 0.268. The molecule has 8 unspecified atom stereocenters. The zero-order valence-electron chi connectivity index (χ0n) is 18.8. The Morgan fingerprint density at radius 3 is 0.781 bits per heavy atom. The van der Waals surface area contributed by atoms with Gasteiger partial charge in [-0.15, -0.1) is 0 Å². The maximum atomic E-state index is 4.51. The molecule has 6 aliphatic carbocycles. The van der Waals surface area contributed by atoms with Crippen molar-refractivity contribution in [2.45, 2.75) is 12.8 Å². The number of allylic oxidation sites excluding steroid dienone is 16. The molecule has 4 heteroatoms. The van der Waals surface area contributed by atoms with Crippen LogP contribution in [-0.4, -0.2) is 0 Å². The molecule has 32 heavy (non-hydrogen) atoms. The van der Waals surface area contributed by atoms with E-state index in [-0.39, 0.29) is 14.9 Å². The van der Waals surface area contributed by atoms with E-state index in [1.54, 1.807) is 0 Å². The van der Waals surface area contributed by atoms with Gasteiger partial charge < -0.3 is 14.9 Å². The second-order valence-corrected chi connectivity index (χ2v) is 8.52. The number of hydrogen-bond acceptors (Lipinski definition) is 0. The molecule has 0 radical (unpaired) electrons. The molecule has 0 aromatic rings. The van der Waals surface area contributed by atoms with E-state index >= 15 is 0 Å². The minimum absolute atomic E-state index is 0. The van der Waals surface area contributed by atoms with E-state index in [4.69, 9.17) is 0 Å². The van der Waals surface area contributed by atoms with Crippen LogP contribution in [-0.2, 0) is 30.7 Å². The van der Waals surface area contributed by atoms with Gasteiger partial charge in [-0.2, -0.15) is 0 Å². The number of halogens is 2. The molecular weight excluding hydrogens is 511 g/mol. The van der Waals surface area contributed by atoms with Crippen LogP contribution >= 0.6 is 20.1 Å². The average Bonchev–Trinajstić information content (AvgIpc) is 3.40. The third kappa shape index (κ3) is 6.80. The van der Waals surface area contributed by atoms with Crippen molar-refractivity contribution >= 4 is 20.1 Å². The summed E-state index contributed by atoms with van der Waals surface area (Å²) in [6.45, 7) is 0. The van der Waals surface area contributed by atoms with Gasteiger partial charge in [0.05, 0.1) is 0 Å². The van der Waals surface area contributed by atoms with E-state index in [9.17, 15) is 0 Å². The number of fused-ring (bicyclic) bond motifs is 6. The van der Waals surface area contributed by atoms with E-state index in [1.807, 2.05) is 0 Å². The summed E-state index contributed by atoms with van der Waals surface area (Å²) in [4.78, 5) is 0. The Labute approximate surface area is 221 Å². The van der Waals surface area contributed by atoms with Gasteiger partial charge in [-0.3, -0.25) is 0 Å². The van der Waals surface area contributed by atoms with Gasteiger partial charge in [0, 0.05) is 0 Å². The van der Waals surface area contributed by atoms with Crippen molar-refractivity contribution in [3.8, 4) is 0 Å². The summed E-state index contributed by atoms with van der Waals surface area (Å²) < 4.78 is 0. The second kappa shape index (κ2) is 15.5. The average molecular weight is 545 g/mol. The number of hydrogen-bond donors (Lipinski definition) is 0. The van der Waals surface area contributed by atoms with E-state index in [0.29, 0.717) is 0 Å². The molecule has 8 atom stereocenters. The summed E-state index contributed by atoms with van der Waals surface area (Å²) in [5.74, 6) is 6.29. The van der Waals surface area contributed by atoms with E-state index in [2.05, 4.69) is 148 Å². The summed E-state index contributed by atoms with van der Waals surface area (Å²) >= 11 is 4.19. The van der Waals surface area contributed by atoms with Gasteiger partial charge in [-0.1, -0.05) is 97.2 Å². The van der Waals surface area contributed by atoms with Crippen LogP contribution in [0.15, 0.2) is 97.2 Å². The summed E-state index contributed by atoms with van der Waals surface area (Å²) in [7, 11) is 9.03. The molecule has 0 saturated heterocycles. The molecule has 6 aliphatic rings. The van der Waals surface area contributed by atoms with Gasteiger partial charge in [-0.25, -0.2) is 0 Å². The first-order valence-corrected chi connectivity index (χ1v) is 14.1. The van der Waals surface area contributed by atoms with Gasteiger partial charge in [-0.05, 0) is 60.2 Å². The first-order chi connectivity index (χ1) is 14.9. The molecule has 0 bridgehead atoms. The Bertz CT molecular complexity index is 657. The predicted octanol–water partition coefficient (Wildman–Crippen LogP) is 8.49. The Hall–Kier alpha value is -0.435. The third-order valence-corrected chi connectivity index (χ3v) is 7.17. The molecule has 0 heterocycles.